The highest BCUT2D eigenvalue weighted by atomic mass is 16.2. The van der Waals surface area contributed by atoms with Crippen LogP contribution in [0.15, 0.2) is 42.7 Å². The van der Waals surface area contributed by atoms with Crippen LogP contribution >= 0.6 is 0 Å². The first kappa shape index (κ1) is 18.4. The molecule has 0 unspecified atom stereocenters. The first-order valence-corrected chi connectivity index (χ1v) is 10.4. The van der Waals surface area contributed by atoms with Crippen LogP contribution in [0.1, 0.15) is 40.0 Å². The van der Waals surface area contributed by atoms with Gasteiger partial charge in [0.2, 0.25) is 0 Å². The summed E-state index contributed by atoms with van der Waals surface area (Å²) < 4.78 is 1.86. The normalized spacial score (nSPS) is 18.2. The fraction of sp³-hybridized carbons (Fsp3) is 0.391. The summed E-state index contributed by atoms with van der Waals surface area (Å²) in [5.74, 6) is 0.0223. The maximum Gasteiger partial charge on any atom is 0.274 e. The van der Waals surface area contributed by atoms with Crippen LogP contribution in [0.2, 0.25) is 0 Å². The van der Waals surface area contributed by atoms with E-state index in [9.17, 15) is 4.79 Å². The first-order chi connectivity index (χ1) is 14.1. The molecule has 0 N–H and O–H groups in total. The van der Waals surface area contributed by atoms with Gasteiger partial charge in [-0.3, -0.25) is 9.69 Å². The van der Waals surface area contributed by atoms with Gasteiger partial charge >= 0.3 is 0 Å². The molecule has 5 rings (SSSR count). The summed E-state index contributed by atoms with van der Waals surface area (Å²) in [6.45, 7) is 5.69. The molecular formula is C23H25BN4O. The van der Waals surface area contributed by atoms with Crippen LogP contribution in [-0.2, 0) is 13.0 Å². The van der Waals surface area contributed by atoms with Gasteiger partial charge in [-0.25, -0.2) is 4.98 Å². The molecule has 3 aromatic rings. The molecule has 146 valence electrons. The third kappa shape index (κ3) is 3.46. The molecule has 2 aliphatic heterocycles. The summed E-state index contributed by atoms with van der Waals surface area (Å²) in [5.41, 5.74) is 5.90. The zero-order chi connectivity index (χ0) is 20.0. The summed E-state index contributed by atoms with van der Waals surface area (Å²) in [6.07, 6.45) is 6.78. The van der Waals surface area contributed by atoms with E-state index in [1.807, 2.05) is 28.5 Å². The predicted molar refractivity (Wildman–Crippen MR) is 115 cm³/mol. The minimum Gasteiger partial charge on any atom is -0.337 e. The minimum atomic E-state index is 0.0223. The quantitative estimate of drug-likeness (QED) is 0.636. The molecule has 2 aromatic heterocycles. The Morgan fingerprint density at radius 1 is 1.10 bits per heavy atom. The number of hydrogen-bond donors (Lipinski definition) is 0. The second-order valence-electron chi connectivity index (χ2n) is 8.33. The van der Waals surface area contributed by atoms with E-state index in [0.29, 0.717) is 17.2 Å². The number of carbonyl (C=O) groups excluding carboxylic acids is 1. The SMILES string of the molecule is [B]c1cc(C)c2nc(C(=O)N3CCC(N4CCc5ccccc5C4)CC3)cn2c1. The van der Waals surface area contributed by atoms with Gasteiger partial charge in [-0.05, 0) is 42.9 Å². The predicted octanol–water partition coefficient (Wildman–Crippen LogP) is 2.10. The van der Waals surface area contributed by atoms with Crippen molar-refractivity contribution in [3.63, 3.8) is 0 Å². The smallest absolute Gasteiger partial charge is 0.274 e. The van der Waals surface area contributed by atoms with Crippen LogP contribution in [0.5, 0.6) is 0 Å². The van der Waals surface area contributed by atoms with Gasteiger partial charge in [-0.15, -0.1) is 0 Å². The number of imidazole rings is 1. The van der Waals surface area contributed by atoms with Crippen LogP contribution in [0.25, 0.3) is 5.65 Å². The van der Waals surface area contributed by atoms with Gasteiger partial charge in [0.15, 0.2) is 0 Å². The molecule has 5 nitrogen and oxygen atoms in total. The Hall–Kier alpha value is -2.60. The lowest BCUT2D eigenvalue weighted by Gasteiger charge is -2.40. The van der Waals surface area contributed by atoms with Gasteiger partial charge in [0.1, 0.15) is 19.2 Å². The molecule has 1 saturated heterocycles. The van der Waals surface area contributed by atoms with Gasteiger partial charge in [-0.1, -0.05) is 35.8 Å². The second kappa shape index (κ2) is 7.34. The number of nitrogens with zero attached hydrogens (tertiary/aromatic N) is 4. The van der Waals surface area contributed by atoms with Gasteiger partial charge < -0.3 is 9.30 Å². The minimum absolute atomic E-state index is 0.0223. The molecule has 0 aliphatic carbocycles. The Labute approximate surface area is 172 Å². The van der Waals surface area contributed by atoms with Crippen molar-refractivity contribution in [2.75, 3.05) is 19.6 Å². The average Bonchev–Trinajstić information content (AvgIpc) is 3.17. The molecule has 2 radical (unpaired) electrons. The van der Waals surface area contributed by atoms with Crippen LogP contribution in [0.3, 0.4) is 0 Å². The third-order valence-corrected chi connectivity index (χ3v) is 6.40. The molecule has 6 heteroatoms. The summed E-state index contributed by atoms with van der Waals surface area (Å²) in [7, 11) is 5.92. The third-order valence-electron chi connectivity index (χ3n) is 6.40. The number of carbonyl (C=O) groups is 1. The number of piperidine rings is 1. The zero-order valence-electron chi connectivity index (χ0n) is 16.8. The van der Waals surface area contributed by atoms with E-state index in [2.05, 4.69) is 34.1 Å². The molecular weight excluding hydrogens is 359 g/mol. The molecule has 0 spiro atoms. The summed E-state index contributed by atoms with van der Waals surface area (Å²) in [5, 5.41) is 0. The number of aryl methyl sites for hydroxylation is 1. The number of pyridine rings is 1. The van der Waals surface area contributed by atoms with E-state index in [1.165, 1.54) is 11.1 Å². The maximum absolute atomic E-state index is 13.0. The van der Waals surface area contributed by atoms with Gasteiger partial charge in [0.05, 0.1) is 0 Å². The number of aromatic nitrogens is 2. The van der Waals surface area contributed by atoms with E-state index < -0.39 is 0 Å². The van der Waals surface area contributed by atoms with Crippen molar-refractivity contribution in [1.82, 2.24) is 19.2 Å². The zero-order valence-corrected chi connectivity index (χ0v) is 16.8. The fourth-order valence-corrected chi connectivity index (χ4v) is 4.82. The Kier molecular flexibility index (Phi) is 4.67. The van der Waals surface area contributed by atoms with Crippen molar-refractivity contribution in [3.05, 3.63) is 65.1 Å². The first-order valence-electron chi connectivity index (χ1n) is 10.4. The highest BCUT2D eigenvalue weighted by Gasteiger charge is 2.30. The highest BCUT2D eigenvalue weighted by Crippen LogP contribution is 2.25. The Balaban J connectivity index is 1.25. The van der Waals surface area contributed by atoms with Gasteiger partial charge in [-0.2, -0.15) is 0 Å². The van der Waals surface area contributed by atoms with Gasteiger partial charge in [0.25, 0.3) is 5.91 Å². The van der Waals surface area contributed by atoms with E-state index in [-0.39, 0.29) is 5.91 Å². The maximum atomic E-state index is 13.0. The lowest BCUT2D eigenvalue weighted by Crippen LogP contribution is -2.48. The largest absolute Gasteiger partial charge is 0.337 e. The second-order valence-corrected chi connectivity index (χ2v) is 8.33. The van der Waals surface area contributed by atoms with Crippen molar-refractivity contribution in [2.24, 2.45) is 0 Å². The van der Waals surface area contributed by atoms with Crippen LogP contribution in [0.4, 0.5) is 0 Å². The molecule has 0 atom stereocenters. The highest BCUT2D eigenvalue weighted by molar-refractivity contribution is 6.32. The fourth-order valence-electron chi connectivity index (χ4n) is 4.82. The van der Waals surface area contributed by atoms with Crippen LogP contribution < -0.4 is 5.46 Å². The van der Waals surface area contributed by atoms with Crippen molar-refractivity contribution in [1.29, 1.82) is 0 Å². The molecule has 0 bridgehead atoms. The number of rotatable bonds is 2. The van der Waals surface area contributed by atoms with Gasteiger partial charge in [0, 0.05) is 44.6 Å². The van der Waals surface area contributed by atoms with E-state index in [4.69, 9.17) is 7.85 Å². The van der Waals surface area contributed by atoms with Crippen molar-refractivity contribution < 1.29 is 4.79 Å². The van der Waals surface area contributed by atoms with Crippen LogP contribution in [-0.4, -0.2) is 58.6 Å². The standard InChI is InChI=1S/C23H25BN4O/c1-16-12-19(24)14-28-15-21(25-22(16)28)23(29)26-10-7-20(8-11-26)27-9-6-17-4-2-3-5-18(17)13-27/h2-5,12,14-15,20H,6-11,13H2,1H3. The topological polar surface area (TPSA) is 40.9 Å². The Morgan fingerprint density at radius 2 is 1.86 bits per heavy atom. The van der Waals surface area contributed by atoms with Crippen molar-refractivity contribution in [3.8, 4) is 0 Å². The lowest BCUT2D eigenvalue weighted by atomic mass is 9.95. The number of likely N-dealkylation sites (tertiary alicyclic amines) is 1. The summed E-state index contributed by atoms with van der Waals surface area (Å²) in [4.78, 5) is 22.1. The number of amides is 1. The Bertz CT molecular complexity index is 1070. The molecule has 1 amide bonds. The number of hydrogen-bond acceptors (Lipinski definition) is 3. The van der Waals surface area contributed by atoms with E-state index in [0.717, 1.165) is 56.7 Å². The molecule has 4 heterocycles. The molecule has 29 heavy (non-hydrogen) atoms. The average molecular weight is 384 g/mol. The van der Waals surface area contributed by atoms with Crippen molar-refractivity contribution in [2.45, 2.75) is 38.8 Å². The number of fused-ring (bicyclic) bond motifs is 2. The molecule has 0 saturated carbocycles. The van der Waals surface area contributed by atoms with Crippen molar-refractivity contribution >= 4 is 24.9 Å². The summed E-state index contributed by atoms with van der Waals surface area (Å²) >= 11 is 0. The monoisotopic (exact) mass is 384 g/mol. The molecule has 1 fully saturated rings. The van der Waals surface area contributed by atoms with Crippen LogP contribution in [0, 0.1) is 6.92 Å². The summed E-state index contributed by atoms with van der Waals surface area (Å²) in [6, 6.07) is 11.2. The molecule has 1 aromatic carbocycles. The molecule has 2 aliphatic rings. The lowest BCUT2D eigenvalue weighted by molar-refractivity contribution is 0.0595. The number of benzene rings is 1. The van der Waals surface area contributed by atoms with E-state index >= 15 is 0 Å². The Morgan fingerprint density at radius 3 is 2.66 bits per heavy atom. The van der Waals surface area contributed by atoms with E-state index in [1.54, 1.807) is 6.20 Å².